The number of halogens is 1. The highest BCUT2D eigenvalue weighted by Crippen LogP contribution is 2.24. The molecule has 2 aromatic rings. The highest BCUT2D eigenvalue weighted by Gasteiger charge is 2.07. The zero-order chi connectivity index (χ0) is 12.3. The van der Waals surface area contributed by atoms with E-state index in [0.717, 1.165) is 16.5 Å². The molecule has 16 heavy (non-hydrogen) atoms. The molecule has 0 fully saturated rings. The average molecular weight is 221 g/mol. The number of benzene rings is 1. The van der Waals surface area contributed by atoms with Crippen LogP contribution in [0.4, 0.5) is 4.39 Å². The van der Waals surface area contributed by atoms with Crippen molar-refractivity contribution in [1.82, 2.24) is 4.57 Å². The van der Waals surface area contributed by atoms with Crippen LogP contribution in [0.1, 0.15) is 39.3 Å². The molecule has 88 valence electrons. The van der Waals surface area contributed by atoms with E-state index >= 15 is 0 Å². The summed E-state index contributed by atoms with van der Waals surface area (Å²) in [6.45, 7) is 10.3. The first-order valence-electron chi connectivity index (χ1n) is 5.86. The summed E-state index contributed by atoms with van der Waals surface area (Å²) in [6.07, 6.45) is 2.08. The van der Waals surface area contributed by atoms with E-state index in [1.54, 1.807) is 6.07 Å². The molecule has 1 nitrogen and oxygen atoms in total. The molecule has 0 spiro atoms. The molecular weight excluding hydrogens is 201 g/mol. The molecule has 0 aliphatic rings. The van der Waals surface area contributed by atoms with Gasteiger partial charge in [0, 0.05) is 23.1 Å². The van der Waals surface area contributed by atoms with Crippen molar-refractivity contribution in [2.24, 2.45) is 0 Å². The Balaban J connectivity index is 0.000000606. The van der Waals surface area contributed by atoms with Gasteiger partial charge in [-0.25, -0.2) is 4.39 Å². The lowest BCUT2D eigenvalue weighted by molar-refractivity contribution is 0.618. The van der Waals surface area contributed by atoms with Gasteiger partial charge in [0.1, 0.15) is 5.82 Å². The molecular formula is C14H20FN. The number of hydrogen-bond donors (Lipinski definition) is 0. The van der Waals surface area contributed by atoms with Gasteiger partial charge in [-0.2, -0.15) is 0 Å². The maximum Gasteiger partial charge on any atom is 0.123 e. The third kappa shape index (κ3) is 2.26. The van der Waals surface area contributed by atoms with Crippen LogP contribution in [0.25, 0.3) is 10.9 Å². The molecule has 2 heteroatoms. The van der Waals surface area contributed by atoms with Gasteiger partial charge in [-0.1, -0.05) is 13.8 Å². The van der Waals surface area contributed by atoms with E-state index in [9.17, 15) is 4.39 Å². The maximum absolute atomic E-state index is 13.0. The number of rotatable bonds is 1. The van der Waals surface area contributed by atoms with Gasteiger partial charge in [-0.3, -0.25) is 0 Å². The quantitative estimate of drug-likeness (QED) is 0.658. The smallest absolute Gasteiger partial charge is 0.123 e. The number of fused-ring (bicyclic) bond motifs is 1. The van der Waals surface area contributed by atoms with Crippen LogP contribution < -0.4 is 0 Å². The fourth-order valence-corrected chi connectivity index (χ4v) is 1.82. The van der Waals surface area contributed by atoms with Crippen LogP contribution in [0, 0.1) is 12.7 Å². The first-order valence-corrected chi connectivity index (χ1v) is 5.86. The minimum absolute atomic E-state index is 0.165. The van der Waals surface area contributed by atoms with Crippen LogP contribution >= 0.6 is 0 Å². The molecule has 0 N–H and O–H groups in total. The molecule has 0 aliphatic carbocycles. The molecule has 0 bridgehead atoms. The third-order valence-electron chi connectivity index (χ3n) is 2.55. The fraction of sp³-hybridized carbons (Fsp3) is 0.429. The predicted molar refractivity (Wildman–Crippen MR) is 68.4 cm³/mol. The second-order valence-electron chi connectivity index (χ2n) is 3.97. The Hall–Kier alpha value is -1.31. The van der Waals surface area contributed by atoms with E-state index in [4.69, 9.17) is 0 Å². The first-order chi connectivity index (χ1) is 7.59. The monoisotopic (exact) mass is 221 g/mol. The molecule has 0 amide bonds. The van der Waals surface area contributed by atoms with E-state index in [-0.39, 0.29) is 5.82 Å². The maximum atomic E-state index is 13.0. The molecule has 0 aliphatic heterocycles. The van der Waals surface area contributed by atoms with Crippen molar-refractivity contribution < 1.29 is 4.39 Å². The molecule has 0 saturated heterocycles. The lowest BCUT2D eigenvalue weighted by Gasteiger charge is -2.08. The SMILES string of the molecule is CC.Cc1cn(C(C)C)c2ccc(F)cc12. The minimum atomic E-state index is -0.165. The zero-order valence-corrected chi connectivity index (χ0v) is 10.7. The van der Waals surface area contributed by atoms with Crippen LogP contribution in [0.3, 0.4) is 0 Å². The van der Waals surface area contributed by atoms with Crippen LogP contribution in [0.5, 0.6) is 0 Å². The van der Waals surface area contributed by atoms with Crippen LogP contribution in [0.2, 0.25) is 0 Å². The number of nitrogens with zero attached hydrogens (tertiary/aromatic N) is 1. The number of aromatic nitrogens is 1. The third-order valence-corrected chi connectivity index (χ3v) is 2.55. The fourth-order valence-electron chi connectivity index (χ4n) is 1.82. The van der Waals surface area contributed by atoms with Crippen molar-refractivity contribution >= 4 is 10.9 Å². The highest BCUT2D eigenvalue weighted by molar-refractivity contribution is 5.83. The Kier molecular flexibility index (Phi) is 4.11. The lowest BCUT2D eigenvalue weighted by atomic mass is 10.2. The van der Waals surface area contributed by atoms with Crippen LogP contribution in [0.15, 0.2) is 24.4 Å². The molecule has 1 aromatic carbocycles. The Morgan fingerprint density at radius 3 is 2.38 bits per heavy atom. The van der Waals surface area contributed by atoms with E-state index in [1.165, 1.54) is 6.07 Å². The molecule has 0 atom stereocenters. The summed E-state index contributed by atoms with van der Waals surface area (Å²) >= 11 is 0. The summed E-state index contributed by atoms with van der Waals surface area (Å²) < 4.78 is 15.2. The molecule has 0 saturated carbocycles. The highest BCUT2D eigenvalue weighted by atomic mass is 19.1. The Morgan fingerprint density at radius 1 is 1.19 bits per heavy atom. The molecule has 0 radical (unpaired) electrons. The Morgan fingerprint density at radius 2 is 1.81 bits per heavy atom. The van der Waals surface area contributed by atoms with E-state index in [1.807, 2.05) is 26.8 Å². The van der Waals surface area contributed by atoms with Gasteiger partial charge in [-0.15, -0.1) is 0 Å². The summed E-state index contributed by atoms with van der Waals surface area (Å²) in [5.74, 6) is -0.165. The normalized spacial score (nSPS) is 10.4. The van der Waals surface area contributed by atoms with Crippen molar-refractivity contribution in [2.45, 2.75) is 40.7 Å². The Labute approximate surface area is 96.9 Å². The summed E-state index contributed by atoms with van der Waals surface area (Å²) in [5.41, 5.74) is 2.24. The van der Waals surface area contributed by atoms with Gasteiger partial charge in [0.25, 0.3) is 0 Å². The zero-order valence-electron chi connectivity index (χ0n) is 10.7. The topological polar surface area (TPSA) is 4.93 Å². The van der Waals surface area contributed by atoms with Gasteiger partial charge < -0.3 is 4.57 Å². The molecule has 2 rings (SSSR count). The largest absolute Gasteiger partial charge is 0.345 e. The van der Waals surface area contributed by atoms with E-state index in [2.05, 4.69) is 24.6 Å². The molecule has 0 unspecified atom stereocenters. The van der Waals surface area contributed by atoms with Gasteiger partial charge in [0.2, 0.25) is 0 Å². The van der Waals surface area contributed by atoms with Gasteiger partial charge in [0.05, 0.1) is 0 Å². The lowest BCUT2D eigenvalue weighted by Crippen LogP contribution is -1.97. The second-order valence-corrected chi connectivity index (χ2v) is 3.97. The van der Waals surface area contributed by atoms with Crippen molar-refractivity contribution in [3.05, 3.63) is 35.8 Å². The van der Waals surface area contributed by atoms with Crippen molar-refractivity contribution in [3.8, 4) is 0 Å². The summed E-state index contributed by atoms with van der Waals surface area (Å²) in [4.78, 5) is 0. The number of aryl methyl sites for hydroxylation is 1. The molecule has 1 heterocycles. The van der Waals surface area contributed by atoms with Gasteiger partial charge >= 0.3 is 0 Å². The summed E-state index contributed by atoms with van der Waals surface area (Å²) in [6, 6.07) is 5.37. The van der Waals surface area contributed by atoms with Gasteiger partial charge in [0.15, 0.2) is 0 Å². The first kappa shape index (κ1) is 12.8. The Bertz CT molecular complexity index is 469. The predicted octanol–water partition coefficient (Wildman–Crippen LogP) is 4.70. The van der Waals surface area contributed by atoms with E-state index in [0.29, 0.717) is 6.04 Å². The van der Waals surface area contributed by atoms with Crippen molar-refractivity contribution in [1.29, 1.82) is 0 Å². The van der Waals surface area contributed by atoms with Gasteiger partial charge in [-0.05, 0) is 44.5 Å². The molecule has 1 aromatic heterocycles. The van der Waals surface area contributed by atoms with Crippen LogP contribution in [-0.4, -0.2) is 4.57 Å². The van der Waals surface area contributed by atoms with Crippen molar-refractivity contribution in [2.75, 3.05) is 0 Å². The standard InChI is InChI=1S/C12H14FN.C2H6/c1-8(2)14-7-9(3)11-6-10(13)4-5-12(11)14;1-2/h4-8H,1-3H3;1-2H3. The number of hydrogen-bond acceptors (Lipinski definition) is 0. The summed E-state index contributed by atoms with van der Waals surface area (Å²) in [7, 11) is 0. The van der Waals surface area contributed by atoms with Crippen LogP contribution in [-0.2, 0) is 0 Å². The van der Waals surface area contributed by atoms with E-state index < -0.39 is 0 Å². The minimum Gasteiger partial charge on any atom is -0.345 e. The van der Waals surface area contributed by atoms with Crippen molar-refractivity contribution in [3.63, 3.8) is 0 Å². The average Bonchev–Trinajstić information content (AvgIpc) is 2.59. The second kappa shape index (κ2) is 5.15. The summed E-state index contributed by atoms with van der Waals surface area (Å²) in [5, 5.41) is 1.01.